The molecule has 7 nitrogen and oxygen atoms in total. The molecule has 0 unspecified atom stereocenters. The highest BCUT2D eigenvalue weighted by Crippen LogP contribution is 2.21. The van der Waals surface area contributed by atoms with Gasteiger partial charge >= 0.3 is 0 Å². The van der Waals surface area contributed by atoms with Crippen molar-refractivity contribution in [3.05, 3.63) is 60.0 Å². The van der Waals surface area contributed by atoms with E-state index >= 15 is 0 Å². The van der Waals surface area contributed by atoms with E-state index in [9.17, 15) is 13.2 Å². The first-order valence-corrected chi connectivity index (χ1v) is 11.0. The Hall–Kier alpha value is -2.45. The van der Waals surface area contributed by atoms with Crippen molar-refractivity contribution < 1.29 is 13.2 Å². The molecule has 3 rings (SSSR count). The number of nitrogens with zero attached hydrogens (tertiary/aromatic N) is 3. The number of amides is 1. The highest BCUT2D eigenvalue weighted by atomic mass is 32.2. The second-order valence-electron chi connectivity index (χ2n) is 6.88. The number of sulfonamides is 1. The van der Waals surface area contributed by atoms with Gasteiger partial charge < -0.3 is 9.88 Å². The summed E-state index contributed by atoms with van der Waals surface area (Å²) in [7, 11) is -3.46. The Morgan fingerprint density at radius 2 is 1.96 bits per heavy atom. The van der Waals surface area contributed by atoms with E-state index in [0.29, 0.717) is 32.5 Å². The van der Waals surface area contributed by atoms with E-state index in [-0.39, 0.29) is 11.8 Å². The predicted molar refractivity (Wildman–Crippen MR) is 109 cm³/mol. The van der Waals surface area contributed by atoms with Crippen LogP contribution in [-0.4, -0.2) is 47.8 Å². The van der Waals surface area contributed by atoms with Crippen molar-refractivity contribution in [2.75, 3.05) is 19.6 Å². The van der Waals surface area contributed by atoms with Crippen LogP contribution in [0, 0.1) is 5.92 Å². The average Bonchev–Trinajstić information content (AvgIpc) is 3.24. The smallest absolute Gasteiger partial charge is 0.236 e. The molecular formula is C20H26N4O3S. The Morgan fingerprint density at radius 3 is 2.64 bits per heavy atom. The molecule has 0 spiro atoms. The topological polar surface area (TPSA) is 84.3 Å². The standard InChI is InChI=1S/C20H26N4O3S/c25-20(22-10-4-12-23-15-11-21-17-23)19-7-13-24(14-8-19)28(26,27)16-9-18-5-2-1-3-6-18/h1-3,5-6,9,11,15-17,19H,4,7-8,10,12-14H2,(H,22,25)/b16-9+. The quantitative estimate of drug-likeness (QED) is 0.686. The highest BCUT2D eigenvalue weighted by Gasteiger charge is 2.29. The maximum atomic E-state index is 12.5. The summed E-state index contributed by atoms with van der Waals surface area (Å²) in [4.78, 5) is 16.3. The lowest BCUT2D eigenvalue weighted by atomic mass is 9.97. The third kappa shape index (κ3) is 5.77. The summed E-state index contributed by atoms with van der Waals surface area (Å²) in [5, 5.41) is 4.21. The van der Waals surface area contributed by atoms with Gasteiger partial charge in [0.05, 0.1) is 6.33 Å². The monoisotopic (exact) mass is 402 g/mol. The molecule has 0 atom stereocenters. The van der Waals surface area contributed by atoms with Crippen molar-refractivity contribution >= 4 is 22.0 Å². The summed E-state index contributed by atoms with van der Waals surface area (Å²) in [6, 6.07) is 9.34. The summed E-state index contributed by atoms with van der Waals surface area (Å²) < 4.78 is 28.4. The Kier molecular flexibility index (Phi) is 7.00. The van der Waals surface area contributed by atoms with Crippen LogP contribution in [0.1, 0.15) is 24.8 Å². The number of benzene rings is 1. The molecule has 1 N–H and O–H groups in total. The second-order valence-corrected chi connectivity index (χ2v) is 8.70. The number of hydrogen-bond donors (Lipinski definition) is 1. The van der Waals surface area contributed by atoms with Gasteiger partial charge in [0.15, 0.2) is 0 Å². The Bertz CT molecular complexity index is 871. The van der Waals surface area contributed by atoms with Gasteiger partial charge in [-0.1, -0.05) is 30.3 Å². The second kappa shape index (κ2) is 9.66. The van der Waals surface area contributed by atoms with Gasteiger partial charge in [0, 0.05) is 49.9 Å². The Balaban J connectivity index is 1.41. The van der Waals surface area contributed by atoms with Gasteiger partial charge in [0.1, 0.15) is 0 Å². The minimum Gasteiger partial charge on any atom is -0.356 e. The fourth-order valence-electron chi connectivity index (χ4n) is 3.22. The molecule has 8 heteroatoms. The maximum absolute atomic E-state index is 12.5. The zero-order chi connectivity index (χ0) is 19.8. The summed E-state index contributed by atoms with van der Waals surface area (Å²) in [6.07, 6.45) is 8.91. The maximum Gasteiger partial charge on any atom is 0.236 e. The summed E-state index contributed by atoms with van der Waals surface area (Å²) >= 11 is 0. The van der Waals surface area contributed by atoms with E-state index in [0.717, 1.165) is 18.5 Å². The number of nitrogens with one attached hydrogen (secondary N) is 1. The number of piperidine rings is 1. The third-order valence-electron chi connectivity index (χ3n) is 4.87. The molecule has 1 fully saturated rings. The van der Waals surface area contributed by atoms with Crippen molar-refractivity contribution in [1.82, 2.24) is 19.2 Å². The molecule has 1 amide bonds. The van der Waals surface area contributed by atoms with Crippen LogP contribution in [-0.2, 0) is 21.4 Å². The molecule has 0 bridgehead atoms. The highest BCUT2D eigenvalue weighted by molar-refractivity contribution is 7.92. The molecule has 2 heterocycles. The minimum atomic E-state index is -3.46. The van der Waals surface area contributed by atoms with E-state index in [2.05, 4.69) is 10.3 Å². The number of aromatic nitrogens is 2. The number of imidazole rings is 1. The number of hydrogen-bond acceptors (Lipinski definition) is 4. The number of carbonyl (C=O) groups excluding carboxylic acids is 1. The molecule has 1 aliphatic heterocycles. The van der Waals surface area contributed by atoms with Crippen molar-refractivity contribution in [2.45, 2.75) is 25.8 Å². The molecule has 2 aromatic rings. The van der Waals surface area contributed by atoms with Crippen molar-refractivity contribution in [2.24, 2.45) is 5.92 Å². The zero-order valence-electron chi connectivity index (χ0n) is 15.8. The third-order valence-corrected chi connectivity index (χ3v) is 6.43. The Morgan fingerprint density at radius 1 is 1.21 bits per heavy atom. The fourth-order valence-corrected chi connectivity index (χ4v) is 4.44. The molecule has 1 aromatic heterocycles. The summed E-state index contributed by atoms with van der Waals surface area (Å²) in [6.45, 7) is 2.16. The van der Waals surface area contributed by atoms with Gasteiger partial charge in [-0.2, -0.15) is 4.31 Å². The lowest BCUT2D eigenvalue weighted by Gasteiger charge is -2.29. The van der Waals surface area contributed by atoms with Gasteiger partial charge in [-0.25, -0.2) is 13.4 Å². The van der Waals surface area contributed by atoms with Crippen LogP contribution in [0.2, 0.25) is 0 Å². The Labute approximate surface area is 166 Å². The lowest BCUT2D eigenvalue weighted by Crippen LogP contribution is -2.42. The molecule has 1 aliphatic rings. The molecule has 150 valence electrons. The fraction of sp³-hybridized carbons (Fsp3) is 0.400. The van der Waals surface area contributed by atoms with Gasteiger partial charge in [0.25, 0.3) is 0 Å². The molecule has 0 aliphatic carbocycles. The predicted octanol–water partition coefficient (Wildman–Crippen LogP) is 2.10. The van der Waals surface area contributed by atoms with Gasteiger partial charge in [0.2, 0.25) is 15.9 Å². The first kappa shape index (κ1) is 20.3. The molecule has 28 heavy (non-hydrogen) atoms. The lowest BCUT2D eigenvalue weighted by molar-refractivity contribution is -0.126. The molecule has 0 radical (unpaired) electrons. The van der Waals surface area contributed by atoms with Crippen LogP contribution in [0.5, 0.6) is 0 Å². The van der Waals surface area contributed by atoms with Crippen LogP contribution in [0.3, 0.4) is 0 Å². The van der Waals surface area contributed by atoms with E-state index in [4.69, 9.17) is 0 Å². The first-order chi connectivity index (χ1) is 13.5. The van der Waals surface area contributed by atoms with Crippen molar-refractivity contribution in [3.8, 4) is 0 Å². The van der Waals surface area contributed by atoms with Crippen molar-refractivity contribution in [3.63, 3.8) is 0 Å². The minimum absolute atomic E-state index is 0.0162. The molecule has 1 saturated heterocycles. The van der Waals surface area contributed by atoms with Crippen LogP contribution >= 0.6 is 0 Å². The SMILES string of the molecule is O=C(NCCCn1ccnc1)C1CCN(S(=O)(=O)/C=C/c2ccccc2)CC1. The van der Waals surface area contributed by atoms with Gasteiger partial charge in [-0.05, 0) is 30.9 Å². The average molecular weight is 403 g/mol. The van der Waals surface area contributed by atoms with E-state index in [1.807, 2.05) is 41.1 Å². The molecular weight excluding hydrogens is 376 g/mol. The normalized spacial score (nSPS) is 16.4. The summed E-state index contributed by atoms with van der Waals surface area (Å²) in [5.41, 5.74) is 0.844. The van der Waals surface area contributed by atoms with Crippen molar-refractivity contribution in [1.29, 1.82) is 0 Å². The van der Waals surface area contributed by atoms with Gasteiger partial charge in [-0.3, -0.25) is 4.79 Å². The van der Waals surface area contributed by atoms with Crippen LogP contribution in [0.25, 0.3) is 6.08 Å². The first-order valence-electron chi connectivity index (χ1n) is 9.51. The zero-order valence-corrected chi connectivity index (χ0v) is 16.6. The van der Waals surface area contributed by atoms with Gasteiger partial charge in [-0.15, -0.1) is 0 Å². The largest absolute Gasteiger partial charge is 0.356 e. The number of aryl methyl sites for hydroxylation is 1. The molecule has 1 aromatic carbocycles. The van der Waals surface area contributed by atoms with Crippen LogP contribution in [0.4, 0.5) is 0 Å². The van der Waals surface area contributed by atoms with E-state index in [1.54, 1.807) is 18.6 Å². The number of rotatable bonds is 8. The van der Waals surface area contributed by atoms with Crippen LogP contribution in [0.15, 0.2) is 54.5 Å². The van der Waals surface area contributed by atoms with E-state index < -0.39 is 10.0 Å². The summed E-state index contributed by atoms with van der Waals surface area (Å²) in [5.74, 6) is -0.111. The van der Waals surface area contributed by atoms with Crippen LogP contribution < -0.4 is 5.32 Å². The number of carbonyl (C=O) groups is 1. The van der Waals surface area contributed by atoms with E-state index in [1.165, 1.54) is 9.71 Å². The molecule has 0 saturated carbocycles.